The number of fused-ring (bicyclic) bond motifs is 1. The Kier molecular flexibility index (Phi) is 6.93. The largest absolute Gasteiger partial charge is 0.457 e. The van der Waals surface area contributed by atoms with Gasteiger partial charge in [-0.1, -0.05) is 30.3 Å². The lowest BCUT2D eigenvalue weighted by molar-refractivity contribution is -0.0973. The Bertz CT molecular complexity index is 1450. The number of likely N-dealkylation sites (tertiary alicyclic amines) is 2. The number of hydrogen-bond donors (Lipinski definition) is 2. The Hall–Kier alpha value is -3.89. The highest BCUT2D eigenvalue weighted by atomic mass is 16.6. The van der Waals surface area contributed by atoms with Crippen LogP contribution in [0.2, 0.25) is 0 Å². The molecule has 43 heavy (non-hydrogen) atoms. The summed E-state index contributed by atoms with van der Waals surface area (Å²) in [5.74, 6) is 2.99. The zero-order valence-corrected chi connectivity index (χ0v) is 25.2. The highest BCUT2D eigenvalue weighted by Crippen LogP contribution is 2.48. The van der Waals surface area contributed by atoms with Crippen LogP contribution in [0.15, 0.2) is 60.9 Å². The van der Waals surface area contributed by atoms with Crippen LogP contribution in [0, 0.1) is 5.41 Å². The summed E-state index contributed by atoms with van der Waals surface area (Å²) in [7, 11) is 0. The first kappa shape index (κ1) is 27.9. The third kappa shape index (κ3) is 5.49. The van der Waals surface area contributed by atoms with Crippen LogP contribution in [0.25, 0.3) is 0 Å². The quantitative estimate of drug-likeness (QED) is 0.423. The number of nitrogens with zero attached hydrogens (tertiary/aromatic N) is 5. The first-order valence-corrected chi connectivity index (χ1v) is 15.4. The number of nitrogens with two attached hydrogens (primary N) is 1. The summed E-state index contributed by atoms with van der Waals surface area (Å²) < 4.78 is 11.5. The molecule has 2 aromatic carbocycles. The average Bonchev–Trinajstić information content (AvgIpc) is 3.33. The molecule has 0 bridgehead atoms. The molecule has 3 aromatic rings. The van der Waals surface area contributed by atoms with E-state index in [9.17, 15) is 4.79 Å². The Morgan fingerprint density at radius 2 is 1.63 bits per heavy atom. The van der Waals surface area contributed by atoms with Gasteiger partial charge in [0.2, 0.25) is 0 Å². The molecule has 2 saturated heterocycles. The van der Waals surface area contributed by atoms with E-state index < -0.39 is 5.60 Å². The van der Waals surface area contributed by atoms with Crippen LogP contribution in [-0.2, 0) is 4.74 Å². The molecular weight excluding hydrogens is 542 g/mol. The maximum absolute atomic E-state index is 12.3. The molecule has 0 radical (unpaired) electrons. The highest BCUT2D eigenvalue weighted by Gasteiger charge is 2.51. The van der Waals surface area contributed by atoms with Gasteiger partial charge in [0.15, 0.2) is 5.82 Å². The molecule has 10 nitrogen and oxygen atoms in total. The normalized spacial score (nSPS) is 22.2. The van der Waals surface area contributed by atoms with E-state index in [0.717, 1.165) is 67.5 Å². The van der Waals surface area contributed by atoms with Crippen LogP contribution in [0.3, 0.4) is 0 Å². The van der Waals surface area contributed by atoms with Crippen LogP contribution >= 0.6 is 0 Å². The SMILES string of the molecule is CC(C)(C)OC(=O)N1CC(N2CC3(CCC(N4NC(c5ccc(Oc6ccccc6)cc5)c5c(N)ncnc54)CC3)C2)C1. The number of hydrazine groups is 1. The van der Waals surface area contributed by atoms with Crippen LogP contribution in [0.1, 0.15) is 63.6 Å². The van der Waals surface area contributed by atoms with Crippen LogP contribution in [0.5, 0.6) is 11.5 Å². The molecule has 1 atom stereocenters. The van der Waals surface area contributed by atoms with Gasteiger partial charge >= 0.3 is 6.09 Å². The van der Waals surface area contributed by atoms with E-state index in [0.29, 0.717) is 23.3 Å². The van der Waals surface area contributed by atoms with Gasteiger partial charge in [0, 0.05) is 38.3 Å². The maximum atomic E-state index is 12.3. The molecule has 1 aliphatic carbocycles. The van der Waals surface area contributed by atoms with Gasteiger partial charge in [-0.3, -0.25) is 9.91 Å². The lowest BCUT2D eigenvalue weighted by Gasteiger charge is -2.59. The van der Waals surface area contributed by atoms with Crippen molar-refractivity contribution in [1.29, 1.82) is 0 Å². The Morgan fingerprint density at radius 1 is 0.953 bits per heavy atom. The number of aromatic nitrogens is 2. The zero-order valence-electron chi connectivity index (χ0n) is 25.2. The second-order valence-electron chi connectivity index (χ2n) is 13.6. The molecule has 1 spiro atoms. The van der Waals surface area contributed by atoms with Crippen LogP contribution in [0.4, 0.5) is 16.4 Å². The van der Waals surface area contributed by atoms with Gasteiger partial charge in [0.25, 0.3) is 0 Å². The molecule has 3 aliphatic heterocycles. The van der Waals surface area contributed by atoms with Crippen LogP contribution in [-0.4, -0.2) is 69.7 Å². The van der Waals surface area contributed by atoms with Crippen molar-refractivity contribution in [3.8, 4) is 11.5 Å². The summed E-state index contributed by atoms with van der Waals surface area (Å²) in [6.45, 7) is 9.51. The van der Waals surface area contributed by atoms with E-state index >= 15 is 0 Å². The second kappa shape index (κ2) is 10.7. The van der Waals surface area contributed by atoms with Gasteiger partial charge in [-0.05, 0) is 81.7 Å². The summed E-state index contributed by atoms with van der Waals surface area (Å²) in [6.07, 6.45) is 5.92. The number of nitrogen functional groups attached to an aromatic ring is 1. The summed E-state index contributed by atoms with van der Waals surface area (Å²) in [4.78, 5) is 25.7. The van der Waals surface area contributed by atoms with Gasteiger partial charge in [-0.25, -0.2) is 20.2 Å². The minimum absolute atomic E-state index is 0.122. The molecular formula is C33H41N7O3. The number of ether oxygens (including phenoxy) is 2. The molecule has 1 amide bonds. The Labute approximate surface area is 253 Å². The topological polar surface area (TPSA) is 109 Å². The number of amides is 1. The number of rotatable bonds is 5. The molecule has 4 heterocycles. The number of anilines is 2. The predicted molar refractivity (Wildman–Crippen MR) is 165 cm³/mol. The second-order valence-corrected chi connectivity index (χ2v) is 13.6. The summed E-state index contributed by atoms with van der Waals surface area (Å²) in [6, 6.07) is 18.6. The lowest BCUT2D eigenvalue weighted by Crippen LogP contribution is -2.70. The fourth-order valence-electron chi connectivity index (χ4n) is 7.03. The van der Waals surface area contributed by atoms with Crippen molar-refractivity contribution < 1.29 is 14.3 Å². The van der Waals surface area contributed by atoms with Gasteiger partial charge in [-0.2, -0.15) is 0 Å². The monoisotopic (exact) mass is 583 g/mol. The van der Waals surface area contributed by atoms with Crippen molar-refractivity contribution >= 4 is 17.7 Å². The summed E-state index contributed by atoms with van der Waals surface area (Å²) in [5.41, 5.74) is 12.1. The molecule has 1 saturated carbocycles. The number of benzene rings is 2. The maximum Gasteiger partial charge on any atom is 0.410 e. The first-order chi connectivity index (χ1) is 20.7. The third-order valence-corrected chi connectivity index (χ3v) is 9.36. The predicted octanol–water partition coefficient (Wildman–Crippen LogP) is 5.13. The Morgan fingerprint density at radius 3 is 2.30 bits per heavy atom. The van der Waals surface area contributed by atoms with Crippen molar-refractivity contribution in [2.75, 3.05) is 36.9 Å². The number of nitrogens with one attached hydrogen (secondary N) is 1. The molecule has 3 N–H and O–H groups in total. The van der Waals surface area contributed by atoms with Gasteiger partial charge < -0.3 is 20.1 Å². The van der Waals surface area contributed by atoms with E-state index in [2.05, 4.69) is 32.5 Å². The molecule has 7 rings (SSSR count). The minimum atomic E-state index is -0.452. The number of carbonyl (C=O) groups is 1. The fourth-order valence-corrected chi connectivity index (χ4v) is 7.03. The molecule has 1 aromatic heterocycles. The number of para-hydroxylation sites is 1. The standard InChI is InChI=1S/C33H41N7O3/c1-32(2,3)43-31(41)38-17-24(18-38)39-19-33(20-39)15-13-23(14-16-33)40-30-27(29(34)35-21-36-30)28(37-40)22-9-11-26(12-10-22)42-25-7-5-4-6-8-25/h4-12,21,23-24,28,37H,13-20H2,1-3H3,(H2,34,35,36). The van der Waals surface area contributed by atoms with Gasteiger partial charge in [0.1, 0.15) is 29.2 Å². The minimum Gasteiger partial charge on any atom is -0.457 e. The van der Waals surface area contributed by atoms with Crippen molar-refractivity contribution in [3.63, 3.8) is 0 Å². The van der Waals surface area contributed by atoms with Crippen LogP contribution < -0.4 is 20.9 Å². The Balaban J connectivity index is 0.960. The molecule has 1 unspecified atom stereocenters. The van der Waals surface area contributed by atoms with Crippen molar-refractivity contribution in [3.05, 3.63) is 72.1 Å². The molecule has 226 valence electrons. The highest BCUT2D eigenvalue weighted by molar-refractivity contribution is 5.69. The summed E-state index contributed by atoms with van der Waals surface area (Å²) >= 11 is 0. The molecule has 10 heteroatoms. The first-order valence-electron chi connectivity index (χ1n) is 15.4. The zero-order chi connectivity index (χ0) is 29.8. The number of carbonyl (C=O) groups excluding carboxylic acids is 1. The van der Waals surface area contributed by atoms with E-state index in [1.54, 1.807) is 6.33 Å². The van der Waals surface area contributed by atoms with Crippen molar-refractivity contribution in [1.82, 2.24) is 25.2 Å². The van der Waals surface area contributed by atoms with Gasteiger partial charge in [-0.15, -0.1) is 0 Å². The molecule has 3 fully saturated rings. The summed E-state index contributed by atoms with van der Waals surface area (Å²) in [5, 5.41) is 2.25. The average molecular weight is 584 g/mol. The van der Waals surface area contributed by atoms with E-state index in [-0.39, 0.29) is 12.1 Å². The fraction of sp³-hybridized carbons (Fsp3) is 0.485. The van der Waals surface area contributed by atoms with Crippen molar-refractivity contribution in [2.45, 2.75) is 70.2 Å². The lowest BCUT2D eigenvalue weighted by atomic mass is 9.66. The van der Waals surface area contributed by atoms with Gasteiger partial charge in [0.05, 0.1) is 11.6 Å². The van der Waals surface area contributed by atoms with E-state index in [4.69, 9.17) is 20.2 Å². The van der Waals surface area contributed by atoms with E-state index in [1.807, 2.05) is 68.1 Å². The van der Waals surface area contributed by atoms with E-state index in [1.165, 1.54) is 12.8 Å². The molecule has 4 aliphatic rings. The van der Waals surface area contributed by atoms with Crippen molar-refractivity contribution in [2.24, 2.45) is 5.41 Å². The third-order valence-electron chi connectivity index (χ3n) is 9.36. The smallest absolute Gasteiger partial charge is 0.410 e. The number of hydrogen-bond acceptors (Lipinski definition) is 9.